The molecule has 17 heavy (non-hydrogen) atoms. The second-order valence-electron chi connectivity index (χ2n) is 3.89. The molecule has 86 valence electrons. The summed E-state index contributed by atoms with van der Waals surface area (Å²) >= 11 is 3.49. The number of hydrogen-bond donors (Lipinski definition) is 1. The lowest BCUT2D eigenvalue weighted by molar-refractivity contribution is 0.568. The van der Waals surface area contributed by atoms with Gasteiger partial charge in [0.15, 0.2) is 0 Å². The summed E-state index contributed by atoms with van der Waals surface area (Å²) in [5.41, 5.74) is 9.68. The monoisotopic (exact) mass is 291 g/mol. The van der Waals surface area contributed by atoms with Gasteiger partial charge in [0.2, 0.25) is 0 Å². The van der Waals surface area contributed by atoms with Crippen LogP contribution < -0.4 is 5.73 Å². The molecule has 3 rings (SSSR count). The molecule has 0 aromatic carbocycles. The van der Waals surface area contributed by atoms with Crippen molar-refractivity contribution in [1.29, 1.82) is 0 Å². The Kier molecular flexibility index (Phi) is 2.22. The van der Waals surface area contributed by atoms with E-state index in [0.717, 1.165) is 26.9 Å². The maximum absolute atomic E-state index is 6.09. The van der Waals surface area contributed by atoms with E-state index in [2.05, 4.69) is 20.9 Å². The van der Waals surface area contributed by atoms with Crippen molar-refractivity contribution in [3.63, 3.8) is 0 Å². The summed E-state index contributed by atoms with van der Waals surface area (Å²) < 4.78 is 7.92. The number of rotatable bonds is 1. The Labute approximate surface area is 106 Å². The summed E-state index contributed by atoms with van der Waals surface area (Å²) in [5, 5.41) is 0. The van der Waals surface area contributed by atoms with Gasteiger partial charge < -0.3 is 10.2 Å². The van der Waals surface area contributed by atoms with Crippen LogP contribution >= 0.6 is 15.9 Å². The highest BCUT2D eigenvalue weighted by Crippen LogP contribution is 2.28. The van der Waals surface area contributed by atoms with Gasteiger partial charge in [-0.05, 0) is 40.5 Å². The number of aryl methyl sites for hydroxylation is 1. The minimum atomic E-state index is 0.613. The van der Waals surface area contributed by atoms with Crippen molar-refractivity contribution in [1.82, 2.24) is 9.38 Å². The van der Waals surface area contributed by atoms with E-state index in [-0.39, 0.29) is 0 Å². The second-order valence-corrected chi connectivity index (χ2v) is 4.74. The molecular formula is C12H10BrN3O. The molecule has 2 N–H and O–H groups in total. The van der Waals surface area contributed by atoms with Crippen LogP contribution in [-0.4, -0.2) is 9.38 Å². The Morgan fingerprint density at radius 1 is 1.47 bits per heavy atom. The first-order valence-corrected chi connectivity index (χ1v) is 5.92. The molecule has 0 aliphatic carbocycles. The normalized spacial score (nSPS) is 11.2. The van der Waals surface area contributed by atoms with E-state index in [4.69, 9.17) is 10.2 Å². The molecule has 4 nitrogen and oxygen atoms in total. The summed E-state index contributed by atoms with van der Waals surface area (Å²) in [6.07, 6.45) is 5.18. The topological polar surface area (TPSA) is 56.5 Å². The van der Waals surface area contributed by atoms with Gasteiger partial charge in [0.05, 0.1) is 12.5 Å². The molecule has 0 bridgehead atoms. The van der Waals surface area contributed by atoms with Crippen molar-refractivity contribution < 1.29 is 4.42 Å². The molecule has 0 saturated carbocycles. The summed E-state index contributed by atoms with van der Waals surface area (Å²) in [4.78, 5) is 4.51. The predicted molar refractivity (Wildman–Crippen MR) is 69.7 cm³/mol. The first-order valence-electron chi connectivity index (χ1n) is 5.13. The predicted octanol–water partition coefficient (Wildman–Crippen LogP) is 3.25. The molecule has 0 atom stereocenters. The number of nitrogen functional groups attached to an aromatic ring is 1. The minimum Gasteiger partial charge on any atom is -0.472 e. The van der Waals surface area contributed by atoms with E-state index >= 15 is 0 Å². The van der Waals surface area contributed by atoms with Gasteiger partial charge in [-0.25, -0.2) is 4.98 Å². The van der Waals surface area contributed by atoms with Crippen molar-refractivity contribution in [2.75, 3.05) is 5.73 Å². The molecule has 0 fully saturated rings. The number of imidazole rings is 1. The Morgan fingerprint density at radius 3 is 3.00 bits per heavy atom. The van der Waals surface area contributed by atoms with E-state index < -0.39 is 0 Å². The molecular weight excluding hydrogens is 282 g/mol. The molecule has 3 aromatic rings. The number of hydrogen-bond acceptors (Lipinski definition) is 3. The van der Waals surface area contributed by atoms with E-state index in [1.54, 1.807) is 12.5 Å². The number of fused-ring (bicyclic) bond motifs is 1. The zero-order valence-electron chi connectivity index (χ0n) is 9.14. The van der Waals surface area contributed by atoms with Crippen LogP contribution in [0.2, 0.25) is 0 Å². The Bertz CT molecular complexity index is 685. The number of aromatic nitrogens is 2. The van der Waals surface area contributed by atoms with Crippen LogP contribution in [0.1, 0.15) is 5.56 Å². The zero-order chi connectivity index (χ0) is 12.0. The van der Waals surface area contributed by atoms with Crippen LogP contribution in [0.15, 0.2) is 39.7 Å². The smallest absolute Gasteiger partial charge is 0.139 e. The van der Waals surface area contributed by atoms with E-state index in [0.29, 0.717) is 5.82 Å². The fourth-order valence-electron chi connectivity index (χ4n) is 1.79. The fraction of sp³-hybridized carbons (Fsp3) is 0.0833. The lowest BCUT2D eigenvalue weighted by Gasteiger charge is -2.00. The van der Waals surface area contributed by atoms with Gasteiger partial charge in [-0.15, -0.1) is 0 Å². The van der Waals surface area contributed by atoms with Crippen LogP contribution in [0.25, 0.3) is 16.9 Å². The third-order valence-electron chi connectivity index (χ3n) is 2.73. The molecule has 0 unspecified atom stereocenters. The quantitative estimate of drug-likeness (QED) is 0.749. The first kappa shape index (κ1) is 10.4. The van der Waals surface area contributed by atoms with Crippen molar-refractivity contribution in [3.8, 4) is 11.3 Å². The number of nitrogens with two attached hydrogens (primary N) is 1. The van der Waals surface area contributed by atoms with Gasteiger partial charge in [-0.3, -0.25) is 4.40 Å². The Morgan fingerprint density at radius 2 is 2.29 bits per heavy atom. The lowest BCUT2D eigenvalue weighted by atomic mass is 10.2. The van der Waals surface area contributed by atoms with Gasteiger partial charge in [0.1, 0.15) is 17.2 Å². The van der Waals surface area contributed by atoms with Crippen molar-refractivity contribution in [2.24, 2.45) is 0 Å². The number of nitrogens with zero attached hydrogens (tertiary/aromatic N) is 2. The highest BCUT2D eigenvalue weighted by atomic mass is 79.9. The molecule has 0 aliphatic rings. The van der Waals surface area contributed by atoms with E-state index in [1.807, 2.05) is 29.7 Å². The maximum atomic E-state index is 6.09. The van der Waals surface area contributed by atoms with Gasteiger partial charge in [-0.1, -0.05) is 0 Å². The first-order chi connectivity index (χ1) is 8.16. The average Bonchev–Trinajstić information content (AvgIpc) is 2.90. The number of pyridine rings is 1. The highest BCUT2D eigenvalue weighted by Gasteiger charge is 2.13. The molecule has 3 heterocycles. The van der Waals surface area contributed by atoms with Gasteiger partial charge in [-0.2, -0.15) is 0 Å². The Balaban J connectivity index is 2.32. The molecule has 3 aromatic heterocycles. The van der Waals surface area contributed by atoms with Gasteiger partial charge in [0, 0.05) is 16.2 Å². The largest absolute Gasteiger partial charge is 0.472 e. The van der Waals surface area contributed by atoms with Gasteiger partial charge in [0.25, 0.3) is 0 Å². The highest BCUT2D eigenvalue weighted by molar-refractivity contribution is 9.10. The minimum absolute atomic E-state index is 0.613. The third kappa shape index (κ3) is 1.54. The van der Waals surface area contributed by atoms with Crippen LogP contribution in [0.4, 0.5) is 5.82 Å². The van der Waals surface area contributed by atoms with Crippen LogP contribution in [0.5, 0.6) is 0 Å². The zero-order valence-corrected chi connectivity index (χ0v) is 10.7. The summed E-state index contributed by atoms with van der Waals surface area (Å²) in [6, 6.07) is 3.84. The van der Waals surface area contributed by atoms with Crippen LogP contribution in [-0.2, 0) is 0 Å². The molecule has 0 saturated heterocycles. The van der Waals surface area contributed by atoms with Crippen LogP contribution in [0.3, 0.4) is 0 Å². The molecule has 0 aliphatic heterocycles. The Hall–Kier alpha value is -1.75. The number of furan rings is 1. The summed E-state index contributed by atoms with van der Waals surface area (Å²) in [6.45, 7) is 2.02. The summed E-state index contributed by atoms with van der Waals surface area (Å²) in [5.74, 6) is 0.613. The van der Waals surface area contributed by atoms with Crippen molar-refractivity contribution in [2.45, 2.75) is 6.92 Å². The molecule has 5 heteroatoms. The maximum Gasteiger partial charge on any atom is 0.139 e. The van der Waals surface area contributed by atoms with E-state index in [9.17, 15) is 0 Å². The summed E-state index contributed by atoms with van der Waals surface area (Å²) in [7, 11) is 0. The molecule has 0 spiro atoms. The van der Waals surface area contributed by atoms with Crippen molar-refractivity contribution >= 4 is 27.4 Å². The standard InChI is InChI=1S/C12H10BrN3O/c1-7-4-10-15-11(8-2-3-17-6-8)12(14)16(10)5-9(7)13/h2-6H,14H2,1H3. The fourth-order valence-corrected chi connectivity index (χ4v) is 2.11. The van der Waals surface area contributed by atoms with E-state index in [1.165, 1.54) is 0 Å². The number of halogens is 1. The van der Waals surface area contributed by atoms with Crippen LogP contribution in [0, 0.1) is 6.92 Å². The average molecular weight is 292 g/mol. The van der Waals surface area contributed by atoms with Gasteiger partial charge >= 0.3 is 0 Å². The number of anilines is 1. The second kappa shape index (κ2) is 3.63. The SMILES string of the molecule is Cc1cc2nc(-c3ccoc3)c(N)n2cc1Br. The molecule has 0 amide bonds. The third-order valence-corrected chi connectivity index (χ3v) is 3.56. The van der Waals surface area contributed by atoms with Crippen molar-refractivity contribution in [3.05, 3.63) is 40.9 Å². The lowest BCUT2D eigenvalue weighted by Crippen LogP contribution is -1.94. The molecule has 0 radical (unpaired) electrons.